The number of primary amides is 1. The molecule has 368 valence electrons. The Balaban J connectivity index is 0.000000243. The van der Waals surface area contributed by atoms with Gasteiger partial charge in [-0.15, -0.1) is 22.7 Å². The third kappa shape index (κ3) is 15.4. The first-order valence-corrected chi connectivity index (χ1v) is 28.0. The van der Waals surface area contributed by atoms with Crippen molar-refractivity contribution in [1.82, 2.24) is 9.80 Å². The van der Waals surface area contributed by atoms with Crippen molar-refractivity contribution >= 4 is 82.2 Å². The summed E-state index contributed by atoms with van der Waals surface area (Å²) in [6.45, 7) is 24.1. The number of hydrogen-bond acceptors (Lipinski definition) is 12. The van der Waals surface area contributed by atoms with Gasteiger partial charge in [0.1, 0.15) is 17.0 Å². The van der Waals surface area contributed by atoms with Crippen molar-refractivity contribution in [3.63, 3.8) is 0 Å². The van der Waals surface area contributed by atoms with Crippen LogP contribution in [0.1, 0.15) is 132 Å². The van der Waals surface area contributed by atoms with E-state index in [1.54, 1.807) is 77.8 Å². The fourth-order valence-electron chi connectivity index (χ4n) is 7.56. The lowest BCUT2D eigenvalue weighted by atomic mass is 10.0. The Morgan fingerprint density at radius 2 is 1.04 bits per heavy atom. The fraction of sp³-hybridized carbons (Fsp3) is 0.510. The first-order valence-electron chi connectivity index (χ1n) is 22.3. The summed E-state index contributed by atoms with van der Waals surface area (Å²) < 4.78 is 59.0. The Kier molecular flexibility index (Phi) is 18.7. The molecular formula is C49H66BrN3O10S4. The third-order valence-corrected chi connectivity index (χ3v) is 17.1. The molecule has 0 radical (unpaired) electrons. The van der Waals surface area contributed by atoms with Gasteiger partial charge >= 0.3 is 12.2 Å². The number of rotatable bonds is 12. The molecule has 13 nitrogen and oxygen atoms in total. The molecule has 0 fully saturated rings. The number of amides is 3. The molecule has 0 spiro atoms. The molecular weight excluding hydrogens is 999 g/mol. The highest BCUT2D eigenvalue weighted by molar-refractivity contribution is 9.11. The number of carbonyl (C=O) groups excluding carboxylic acids is 4. The van der Waals surface area contributed by atoms with Gasteiger partial charge in [0.25, 0.3) is 0 Å². The molecule has 4 aromatic rings. The van der Waals surface area contributed by atoms with Crippen LogP contribution in [-0.2, 0) is 71.1 Å². The summed E-state index contributed by atoms with van der Waals surface area (Å²) in [5.74, 6) is 0.365. The molecule has 3 amide bonds. The van der Waals surface area contributed by atoms with Gasteiger partial charge < -0.3 is 15.2 Å². The second-order valence-corrected chi connectivity index (χ2v) is 27.5. The largest absolute Gasteiger partial charge is 0.444 e. The van der Waals surface area contributed by atoms with Crippen molar-refractivity contribution in [2.75, 3.05) is 11.5 Å². The highest BCUT2D eigenvalue weighted by Gasteiger charge is 2.41. The molecule has 2 aliphatic rings. The van der Waals surface area contributed by atoms with Gasteiger partial charge in [-0.2, -0.15) is 0 Å². The second-order valence-electron chi connectivity index (χ2n) is 19.3. The molecule has 0 saturated carbocycles. The van der Waals surface area contributed by atoms with Gasteiger partial charge in [-0.1, -0.05) is 65.8 Å². The van der Waals surface area contributed by atoms with Crippen LogP contribution < -0.4 is 5.73 Å². The predicted octanol–water partition coefficient (Wildman–Crippen LogP) is 10.8. The summed E-state index contributed by atoms with van der Waals surface area (Å²) >= 11 is 6.84. The minimum Gasteiger partial charge on any atom is -0.444 e. The van der Waals surface area contributed by atoms with Crippen molar-refractivity contribution in [1.29, 1.82) is 0 Å². The zero-order valence-corrected chi connectivity index (χ0v) is 45.4. The molecule has 0 aliphatic carbocycles. The number of ether oxygens (including phenoxy) is 2. The average molecular weight is 1070 g/mol. The lowest BCUT2D eigenvalue weighted by Crippen LogP contribution is -2.37. The number of halogens is 1. The topological polar surface area (TPSA) is 188 Å². The SMILES string of the molecule is CC(C)C1c2sc(Br)cc2CN1C(=O)OC(C)(C)C.CCS(=O)(=O)c1ccc(CC(=O)Cc2cc3c(s2)C(C(C)C)N(C(=O)OC(C)(C)C)C3)cc1.CCS(=O)(=O)c1ccc(CC(N)=O)cc1. The van der Waals surface area contributed by atoms with Gasteiger partial charge in [0.15, 0.2) is 19.7 Å². The van der Waals surface area contributed by atoms with E-state index in [0.29, 0.717) is 25.4 Å². The van der Waals surface area contributed by atoms with E-state index >= 15 is 0 Å². The molecule has 2 aliphatic heterocycles. The number of sulfone groups is 2. The standard InChI is InChI=1S/C25H33NO5S2.C14H20BrNO2S.C10H13NO3S/c1-7-33(29,30)21-10-8-17(9-11-21)12-19(27)14-20-13-18-15-26(24(28)31-25(4,5)6)22(16(2)3)23(18)32-20;1-8(2)11-12-9(6-10(15)19-12)7-16(11)13(17)18-14(3,4)5;1-2-15(13,14)9-5-3-8(4-6-9)7-10(11)12/h8-11,13,16,22H,7,12,14-15H2,1-6H3;6,8,11H,7H2,1-5H3;3-6H,2,7H2,1H3,(H2,11,12). The molecule has 0 saturated heterocycles. The number of benzene rings is 2. The van der Waals surface area contributed by atoms with E-state index < -0.39 is 36.8 Å². The van der Waals surface area contributed by atoms with Crippen molar-refractivity contribution in [3.8, 4) is 0 Å². The normalized spacial score (nSPS) is 15.9. The average Bonchev–Trinajstić information content (AvgIpc) is 3.96. The number of hydrogen-bond donors (Lipinski definition) is 1. The van der Waals surface area contributed by atoms with Crippen LogP contribution in [0.25, 0.3) is 0 Å². The van der Waals surface area contributed by atoms with Crippen molar-refractivity contribution in [2.24, 2.45) is 17.6 Å². The Bertz CT molecular complexity index is 2610. The van der Waals surface area contributed by atoms with Gasteiger partial charge in [0.05, 0.1) is 56.7 Å². The van der Waals surface area contributed by atoms with Crippen molar-refractivity contribution in [2.45, 2.75) is 149 Å². The zero-order chi connectivity index (χ0) is 50.4. The highest BCUT2D eigenvalue weighted by Crippen LogP contribution is 2.46. The van der Waals surface area contributed by atoms with Crippen LogP contribution >= 0.6 is 38.6 Å². The molecule has 0 bridgehead atoms. The molecule has 2 N–H and O–H groups in total. The van der Waals surface area contributed by atoms with Crippen LogP contribution in [0.5, 0.6) is 0 Å². The van der Waals surface area contributed by atoms with Gasteiger partial charge in [0, 0.05) is 27.5 Å². The Labute approximate surface area is 413 Å². The second kappa shape index (κ2) is 22.5. The van der Waals surface area contributed by atoms with E-state index in [9.17, 15) is 36.0 Å². The number of Topliss-reactive ketones (excluding diaryl/α,β-unsaturated/α-hetero) is 1. The number of fused-ring (bicyclic) bond motifs is 2. The van der Waals surface area contributed by atoms with E-state index in [0.717, 1.165) is 30.2 Å². The molecule has 4 heterocycles. The molecule has 2 aromatic heterocycles. The summed E-state index contributed by atoms with van der Waals surface area (Å²) in [6, 6.07) is 17.0. The quantitative estimate of drug-likeness (QED) is 0.143. The number of thiophene rings is 2. The van der Waals surface area contributed by atoms with Crippen LogP contribution in [0.2, 0.25) is 0 Å². The van der Waals surface area contributed by atoms with Gasteiger partial charge in [-0.25, -0.2) is 26.4 Å². The molecule has 18 heteroatoms. The van der Waals surface area contributed by atoms with Crippen molar-refractivity contribution < 1.29 is 45.5 Å². The molecule has 2 atom stereocenters. The predicted molar refractivity (Wildman–Crippen MR) is 269 cm³/mol. The summed E-state index contributed by atoms with van der Waals surface area (Å²) in [7, 11) is -6.40. The van der Waals surface area contributed by atoms with Crippen LogP contribution in [0.4, 0.5) is 9.59 Å². The third-order valence-electron chi connectivity index (χ3n) is 10.6. The van der Waals surface area contributed by atoms with E-state index in [2.05, 4.69) is 49.7 Å². The smallest absolute Gasteiger partial charge is 0.411 e. The first-order chi connectivity index (χ1) is 30.9. The number of carbonyl (C=O) groups is 4. The number of nitrogens with zero attached hydrogens (tertiary/aromatic N) is 2. The summed E-state index contributed by atoms with van der Waals surface area (Å²) in [6.07, 6.45) is 0.185. The van der Waals surface area contributed by atoms with Crippen LogP contribution in [0.3, 0.4) is 0 Å². The van der Waals surface area contributed by atoms with Gasteiger partial charge in [-0.05, 0) is 128 Å². The lowest BCUT2D eigenvalue weighted by Gasteiger charge is -2.30. The van der Waals surface area contributed by atoms with E-state index in [-0.39, 0.29) is 70.1 Å². The zero-order valence-electron chi connectivity index (χ0n) is 40.6. The highest BCUT2D eigenvalue weighted by atomic mass is 79.9. The van der Waals surface area contributed by atoms with E-state index in [1.165, 1.54) is 22.6 Å². The minimum atomic E-state index is -3.24. The molecule has 67 heavy (non-hydrogen) atoms. The fourth-order valence-corrected chi connectivity index (χ4v) is 12.8. The monoisotopic (exact) mass is 1060 g/mol. The number of ketones is 1. The van der Waals surface area contributed by atoms with Gasteiger partial charge in [-0.3, -0.25) is 19.4 Å². The maximum Gasteiger partial charge on any atom is 0.411 e. The number of nitrogens with two attached hydrogens (primary N) is 1. The van der Waals surface area contributed by atoms with Crippen LogP contribution in [-0.4, -0.2) is 73.2 Å². The Hall–Kier alpha value is -4.10. The Morgan fingerprint density at radius 3 is 1.42 bits per heavy atom. The van der Waals surface area contributed by atoms with E-state index in [4.69, 9.17) is 15.2 Å². The Morgan fingerprint density at radius 1 is 0.657 bits per heavy atom. The molecule has 6 rings (SSSR count). The minimum absolute atomic E-state index is 0.0526. The lowest BCUT2D eigenvalue weighted by molar-refractivity contribution is -0.118. The van der Waals surface area contributed by atoms with Crippen LogP contribution in [0.15, 0.2) is 74.2 Å². The molecule has 2 unspecified atom stereocenters. The maximum absolute atomic E-state index is 12.7. The first kappa shape index (κ1) is 55.5. The molecule has 2 aromatic carbocycles. The summed E-state index contributed by atoms with van der Waals surface area (Å²) in [4.78, 5) is 56.0. The van der Waals surface area contributed by atoms with Gasteiger partial charge in [0.2, 0.25) is 5.91 Å². The maximum atomic E-state index is 12.7. The summed E-state index contributed by atoms with van der Waals surface area (Å²) in [5, 5.41) is 0. The van der Waals surface area contributed by atoms with Crippen LogP contribution in [0, 0.1) is 11.8 Å². The van der Waals surface area contributed by atoms with E-state index in [1.807, 2.05) is 52.5 Å². The summed E-state index contributed by atoms with van der Waals surface area (Å²) in [5.41, 5.74) is 7.86. The van der Waals surface area contributed by atoms with Crippen molar-refractivity contribution in [3.05, 3.63) is 101 Å².